The van der Waals surface area contributed by atoms with Crippen LogP contribution in [-0.2, 0) is 6.42 Å². The van der Waals surface area contributed by atoms with Gasteiger partial charge >= 0.3 is 0 Å². The fraction of sp³-hybridized carbons (Fsp3) is 0.0526. The van der Waals surface area contributed by atoms with Gasteiger partial charge in [0.25, 0.3) is 5.91 Å². The molecular weight excluding hydrogens is 335 g/mol. The van der Waals surface area contributed by atoms with Crippen LogP contribution in [0.4, 0.5) is 10.2 Å². The van der Waals surface area contributed by atoms with E-state index in [1.165, 1.54) is 18.3 Å². The van der Waals surface area contributed by atoms with Crippen molar-refractivity contribution in [1.82, 2.24) is 9.97 Å². The summed E-state index contributed by atoms with van der Waals surface area (Å²) in [6.45, 7) is 0. The maximum atomic E-state index is 13.9. The molecular formula is C19H15FN4O2. The summed E-state index contributed by atoms with van der Waals surface area (Å²) < 4.78 is 13.9. The molecule has 0 bridgehead atoms. The lowest BCUT2D eigenvalue weighted by atomic mass is 10.1. The van der Waals surface area contributed by atoms with Gasteiger partial charge in [-0.15, -0.1) is 0 Å². The van der Waals surface area contributed by atoms with Crippen molar-refractivity contribution in [2.75, 3.05) is 5.32 Å². The quantitative estimate of drug-likeness (QED) is 0.739. The van der Waals surface area contributed by atoms with Gasteiger partial charge in [0.2, 0.25) is 5.91 Å². The van der Waals surface area contributed by atoms with Gasteiger partial charge in [-0.1, -0.05) is 30.3 Å². The summed E-state index contributed by atoms with van der Waals surface area (Å²) in [6, 6.07) is 14.5. The Kier molecular flexibility index (Phi) is 4.98. The largest absolute Gasteiger partial charge is 0.366 e. The van der Waals surface area contributed by atoms with Gasteiger partial charge in [-0.2, -0.15) is 0 Å². The molecule has 0 saturated carbocycles. The van der Waals surface area contributed by atoms with Crippen molar-refractivity contribution >= 4 is 17.6 Å². The number of carbonyl (C=O) groups is 2. The molecule has 6 nitrogen and oxygen atoms in total. The van der Waals surface area contributed by atoms with E-state index < -0.39 is 17.6 Å². The maximum Gasteiger partial charge on any atom is 0.259 e. The number of aromatic nitrogens is 2. The second kappa shape index (κ2) is 7.52. The number of nitrogens with one attached hydrogen (secondary N) is 1. The number of benzene rings is 2. The van der Waals surface area contributed by atoms with Crippen LogP contribution in [0.2, 0.25) is 0 Å². The Morgan fingerprint density at radius 3 is 2.58 bits per heavy atom. The third-order valence-corrected chi connectivity index (χ3v) is 3.65. The first-order valence-corrected chi connectivity index (χ1v) is 7.79. The standard InChI is InChI=1S/C19H15FN4O2/c20-15-7-6-13(18(21)25)11-14(15)19(26)24-16-8-9-22-17(23-16)10-12-4-2-1-3-5-12/h1-9,11H,10H2,(H2,21,25)(H,22,23,24,26). The highest BCUT2D eigenvalue weighted by molar-refractivity contribution is 6.05. The Hall–Kier alpha value is -3.61. The van der Waals surface area contributed by atoms with Gasteiger partial charge in [0.1, 0.15) is 17.5 Å². The lowest BCUT2D eigenvalue weighted by molar-refractivity contribution is 0.1000. The zero-order valence-electron chi connectivity index (χ0n) is 13.6. The molecule has 0 aliphatic rings. The second-order valence-electron chi connectivity index (χ2n) is 5.53. The van der Waals surface area contributed by atoms with Gasteiger partial charge in [-0.05, 0) is 29.8 Å². The van der Waals surface area contributed by atoms with E-state index in [2.05, 4.69) is 15.3 Å². The van der Waals surface area contributed by atoms with Gasteiger partial charge in [-0.25, -0.2) is 14.4 Å². The summed E-state index contributed by atoms with van der Waals surface area (Å²) in [7, 11) is 0. The summed E-state index contributed by atoms with van der Waals surface area (Å²) in [6.07, 6.45) is 2.01. The summed E-state index contributed by atoms with van der Waals surface area (Å²) in [5.74, 6) is -1.48. The number of nitrogens with zero attached hydrogens (tertiary/aromatic N) is 2. The average Bonchev–Trinajstić information content (AvgIpc) is 2.63. The molecule has 1 aromatic heterocycles. The number of hydrogen-bond acceptors (Lipinski definition) is 4. The van der Waals surface area contributed by atoms with E-state index in [1.807, 2.05) is 30.3 Å². The van der Waals surface area contributed by atoms with E-state index in [4.69, 9.17) is 5.73 Å². The third-order valence-electron chi connectivity index (χ3n) is 3.65. The Bertz CT molecular complexity index is 961. The van der Waals surface area contributed by atoms with Crippen LogP contribution in [0.5, 0.6) is 0 Å². The number of anilines is 1. The zero-order valence-corrected chi connectivity index (χ0v) is 13.6. The topological polar surface area (TPSA) is 98.0 Å². The fourth-order valence-corrected chi connectivity index (χ4v) is 2.37. The Morgan fingerprint density at radius 1 is 1.08 bits per heavy atom. The van der Waals surface area contributed by atoms with Crippen molar-refractivity contribution < 1.29 is 14.0 Å². The summed E-state index contributed by atoms with van der Waals surface area (Å²) >= 11 is 0. The highest BCUT2D eigenvalue weighted by Gasteiger charge is 2.15. The van der Waals surface area contributed by atoms with Gasteiger partial charge in [-0.3, -0.25) is 9.59 Å². The van der Waals surface area contributed by atoms with Crippen LogP contribution in [0, 0.1) is 5.82 Å². The van der Waals surface area contributed by atoms with Gasteiger partial charge in [0, 0.05) is 18.2 Å². The number of rotatable bonds is 5. The van der Waals surface area contributed by atoms with Crippen molar-refractivity contribution in [2.45, 2.75) is 6.42 Å². The summed E-state index contributed by atoms with van der Waals surface area (Å²) in [5.41, 5.74) is 5.95. The summed E-state index contributed by atoms with van der Waals surface area (Å²) in [4.78, 5) is 32.0. The molecule has 3 rings (SSSR count). The summed E-state index contributed by atoms with van der Waals surface area (Å²) in [5, 5.41) is 2.51. The molecule has 0 radical (unpaired) electrons. The van der Waals surface area contributed by atoms with Crippen LogP contribution in [0.15, 0.2) is 60.8 Å². The molecule has 0 saturated heterocycles. The van der Waals surface area contributed by atoms with E-state index in [1.54, 1.807) is 0 Å². The first-order valence-electron chi connectivity index (χ1n) is 7.79. The van der Waals surface area contributed by atoms with Crippen molar-refractivity contribution in [2.24, 2.45) is 5.73 Å². The van der Waals surface area contributed by atoms with Gasteiger partial charge in [0.15, 0.2) is 0 Å². The molecule has 2 aromatic carbocycles. The molecule has 0 atom stereocenters. The molecule has 2 amide bonds. The minimum Gasteiger partial charge on any atom is -0.366 e. The van der Waals surface area contributed by atoms with Crippen LogP contribution in [0.25, 0.3) is 0 Å². The molecule has 1 heterocycles. The van der Waals surface area contributed by atoms with E-state index in [0.29, 0.717) is 12.2 Å². The zero-order chi connectivity index (χ0) is 18.5. The smallest absolute Gasteiger partial charge is 0.259 e. The Labute approximate surface area is 148 Å². The molecule has 0 spiro atoms. The molecule has 0 unspecified atom stereocenters. The molecule has 0 fully saturated rings. The van der Waals surface area contributed by atoms with Crippen LogP contribution in [0.3, 0.4) is 0 Å². The van der Waals surface area contributed by atoms with Gasteiger partial charge < -0.3 is 11.1 Å². The third kappa shape index (κ3) is 4.07. The lowest BCUT2D eigenvalue weighted by Gasteiger charge is -2.08. The number of carbonyl (C=O) groups excluding carboxylic acids is 2. The van der Waals surface area contributed by atoms with E-state index in [9.17, 15) is 14.0 Å². The first-order chi connectivity index (χ1) is 12.5. The maximum absolute atomic E-state index is 13.9. The molecule has 130 valence electrons. The molecule has 7 heteroatoms. The van der Waals surface area contributed by atoms with Crippen molar-refractivity contribution in [3.05, 3.63) is 89.1 Å². The molecule has 0 aliphatic heterocycles. The molecule has 3 N–H and O–H groups in total. The number of hydrogen-bond donors (Lipinski definition) is 2. The Balaban J connectivity index is 1.79. The fourth-order valence-electron chi connectivity index (χ4n) is 2.37. The van der Waals surface area contributed by atoms with E-state index >= 15 is 0 Å². The van der Waals surface area contributed by atoms with E-state index in [-0.39, 0.29) is 16.9 Å². The molecule has 0 aliphatic carbocycles. The monoisotopic (exact) mass is 350 g/mol. The highest BCUT2D eigenvalue weighted by atomic mass is 19.1. The minimum absolute atomic E-state index is 0.0454. The first kappa shape index (κ1) is 17.2. The van der Waals surface area contributed by atoms with Gasteiger partial charge in [0.05, 0.1) is 5.56 Å². The van der Waals surface area contributed by atoms with Crippen LogP contribution < -0.4 is 11.1 Å². The highest BCUT2D eigenvalue weighted by Crippen LogP contribution is 2.14. The van der Waals surface area contributed by atoms with Crippen LogP contribution >= 0.6 is 0 Å². The SMILES string of the molecule is NC(=O)c1ccc(F)c(C(=O)Nc2ccnc(Cc3ccccc3)n2)c1. The van der Waals surface area contributed by atoms with Crippen LogP contribution in [0.1, 0.15) is 32.1 Å². The van der Waals surface area contributed by atoms with E-state index in [0.717, 1.165) is 17.7 Å². The van der Waals surface area contributed by atoms with Crippen molar-refractivity contribution in [3.63, 3.8) is 0 Å². The molecule has 3 aromatic rings. The average molecular weight is 350 g/mol. The number of halogens is 1. The van der Waals surface area contributed by atoms with Crippen molar-refractivity contribution in [1.29, 1.82) is 0 Å². The Morgan fingerprint density at radius 2 is 1.85 bits per heavy atom. The van der Waals surface area contributed by atoms with Crippen molar-refractivity contribution in [3.8, 4) is 0 Å². The van der Waals surface area contributed by atoms with Crippen LogP contribution in [-0.4, -0.2) is 21.8 Å². The number of primary amides is 1. The predicted molar refractivity (Wildman–Crippen MR) is 94.2 cm³/mol. The minimum atomic E-state index is -0.758. The second-order valence-corrected chi connectivity index (χ2v) is 5.53. The number of nitrogens with two attached hydrogens (primary N) is 1. The lowest BCUT2D eigenvalue weighted by Crippen LogP contribution is -2.18. The molecule has 26 heavy (non-hydrogen) atoms. The predicted octanol–water partition coefficient (Wildman–Crippen LogP) is 2.56. The number of amides is 2. The normalized spacial score (nSPS) is 10.3.